The number of hydrogen-bond donors (Lipinski definition) is 1. The topological polar surface area (TPSA) is 58.7 Å². The van der Waals surface area contributed by atoms with Gasteiger partial charge in [0.15, 0.2) is 5.96 Å². The molecule has 2 N–H and O–H groups in total. The molecule has 1 aliphatic rings. The van der Waals surface area contributed by atoms with Crippen molar-refractivity contribution in [2.45, 2.75) is 53.1 Å². The summed E-state index contributed by atoms with van der Waals surface area (Å²) < 4.78 is 0. The molecule has 0 aromatic heterocycles. The maximum absolute atomic E-state index is 11.8. The maximum Gasteiger partial charge on any atom is 0.272 e. The fourth-order valence-electron chi connectivity index (χ4n) is 1.96. The summed E-state index contributed by atoms with van der Waals surface area (Å²) in [4.78, 5) is 17.6. The van der Waals surface area contributed by atoms with Gasteiger partial charge in [-0.2, -0.15) is 4.99 Å². The summed E-state index contributed by atoms with van der Waals surface area (Å²) in [6.07, 6.45) is 0. The molecule has 0 bridgehead atoms. The van der Waals surface area contributed by atoms with Crippen molar-refractivity contribution in [2.24, 2.45) is 16.1 Å². The summed E-state index contributed by atoms with van der Waals surface area (Å²) in [7, 11) is 0. The first-order chi connectivity index (χ1) is 6.55. The third-order valence-electron chi connectivity index (χ3n) is 2.51. The molecule has 4 nitrogen and oxygen atoms in total. The van der Waals surface area contributed by atoms with Gasteiger partial charge in [0, 0.05) is 5.54 Å². The van der Waals surface area contributed by atoms with Gasteiger partial charge in [-0.25, -0.2) is 0 Å². The molecule has 1 aliphatic heterocycles. The largest absolute Gasteiger partial charge is 0.369 e. The van der Waals surface area contributed by atoms with Crippen LogP contribution in [-0.2, 0) is 4.79 Å². The van der Waals surface area contributed by atoms with E-state index >= 15 is 0 Å². The van der Waals surface area contributed by atoms with Gasteiger partial charge in [-0.3, -0.25) is 4.79 Å². The minimum absolute atomic E-state index is 0.130. The second-order valence-corrected chi connectivity index (χ2v) is 6.12. The van der Waals surface area contributed by atoms with E-state index in [1.807, 2.05) is 46.4 Å². The van der Waals surface area contributed by atoms with Crippen molar-refractivity contribution in [2.75, 3.05) is 0 Å². The van der Waals surface area contributed by atoms with Gasteiger partial charge >= 0.3 is 0 Å². The SMILES string of the molecule is CC(C)(C)[C@H]1C(=O)N=C(N)N1C(C)(C)C. The summed E-state index contributed by atoms with van der Waals surface area (Å²) in [5.41, 5.74) is 5.46. The Bertz CT molecular complexity index is 307. The van der Waals surface area contributed by atoms with Gasteiger partial charge in [0.1, 0.15) is 6.04 Å². The van der Waals surface area contributed by atoms with Crippen LogP contribution in [0.4, 0.5) is 0 Å². The van der Waals surface area contributed by atoms with Crippen LogP contribution in [0.3, 0.4) is 0 Å². The molecule has 0 aliphatic carbocycles. The second kappa shape index (κ2) is 3.22. The van der Waals surface area contributed by atoms with E-state index in [-0.39, 0.29) is 22.9 Å². The lowest BCUT2D eigenvalue weighted by atomic mass is 9.84. The van der Waals surface area contributed by atoms with Crippen molar-refractivity contribution >= 4 is 11.9 Å². The van der Waals surface area contributed by atoms with E-state index in [0.717, 1.165) is 0 Å². The number of nitrogens with zero attached hydrogens (tertiary/aromatic N) is 2. The number of carbonyl (C=O) groups is 1. The van der Waals surface area contributed by atoms with Crippen molar-refractivity contribution < 1.29 is 4.79 Å². The highest BCUT2D eigenvalue weighted by molar-refractivity contribution is 6.03. The van der Waals surface area contributed by atoms with Crippen LogP contribution < -0.4 is 5.73 Å². The molecule has 4 heteroatoms. The quantitative estimate of drug-likeness (QED) is 0.658. The zero-order valence-electron chi connectivity index (χ0n) is 10.5. The molecule has 0 radical (unpaired) electrons. The van der Waals surface area contributed by atoms with Crippen molar-refractivity contribution in [3.8, 4) is 0 Å². The van der Waals surface area contributed by atoms with Crippen molar-refractivity contribution in [1.82, 2.24) is 4.90 Å². The van der Waals surface area contributed by atoms with E-state index in [9.17, 15) is 4.79 Å². The minimum Gasteiger partial charge on any atom is -0.369 e. The van der Waals surface area contributed by atoms with Gasteiger partial charge in [0.05, 0.1) is 0 Å². The van der Waals surface area contributed by atoms with Gasteiger partial charge in [-0.15, -0.1) is 0 Å². The molecule has 1 amide bonds. The highest BCUT2D eigenvalue weighted by atomic mass is 16.2. The standard InChI is InChI=1S/C11H21N3O/c1-10(2,3)7-8(15)13-9(12)14(7)11(4,5)6/h7H,1-6H3,(H2,12,13,15)/t7-/m1/s1. The predicted octanol–water partition coefficient (Wildman–Crippen LogP) is 1.36. The third-order valence-corrected chi connectivity index (χ3v) is 2.51. The number of carbonyl (C=O) groups excluding carboxylic acids is 1. The van der Waals surface area contributed by atoms with E-state index in [1.165, 1.54) is 0 Å². The minimum atomic E-state index is -0.252. The first kappa shape index (κ1) is 12.0. The first-order valence-electron chi connectivity index (χ1n) is 5.22. The summed E-state index contributed by atoms with van der Waals surface area (Å²) in [5.74, 6) is 0.211. The Hall–Kier alpha value is -1.06. The molecule has 0 unspecified atom stereocenters. The molecule has 86 valence electrons. The van der Waals surface area contributed by atoms with Crippen LogP contribution in [0.1, 0.15) is 41.5 Å². The van der Waals surface area contributed by atoms with Crippen LogP contribution in [0.2, 0.25) is 0 Å². The van der Waals surface area contributed by atoms with E-state index in [0.29, 0.717) is 5.96 Å². The zero-order chi connectivity index (χ0) is 12.0. The lowest BCUT2D eigenvalue weighted by molar-refractivity contribution is -0.124. The average molecular weight is 211 g/mol. The first-order valence-corrected chi connectivity index (χ1v) is 5.22. The van der Waals surface area contributed by atoms with Crippen LogP contribution >= 0.6 is 0 Å². The molecular formula is C11H21N3O. The van der Waals surface area contributed by atoms with Crippen molar-refractivity contribution in [3.63, 3.8) is 0 Å². The Morgan fingerprint density at radius 2 is 1.67 bits per heavy atom. The second-order valence-electron chi connectivity index (χ2n) is 6.12. The molecule has 0 fully saturated rings. The van der Waals surface area contributed by atoms with Gasteiger partial charge in [0.2, 0.25) is 0 Å². The molecule has 0 saturated heterocycles. The fraction of sp³-hybridized carbons (Fsp3) is 0.818. The lowest BCUT2D eigenvalue weighted by Crippen LogP contribution is -2.56. The smallest absolute Gasteiger partial charge is 0.272 e. The Morgan fingerprint density at radius 3 is 1.93 bits per heavy atom. The Labute approximate surface area is 91.5 Å². The summed E-state index contributed by atoms with van der Waals surface area (Å²) in [6, 6.07) is -0.252. The van der Waals surface area contributed by atoms with Crippen molar-refractivity contribution in [3.05, 3.63) is 0 Å². The molecule has 1 heterocycles. The van der Waals surface area contributed by atoms with Gasteiger partial charge in [0.25, 0.3) is 5.91 Å². The molecule has 0 aromatic carbocycles. The molecule has 15 heavy (non-hydrogen) atoms. The maximum atomic E-state index is 11.8. The predicted molar refractivity (Wildman–Crippen MR) is 61.5 cm³/mol. The number of aliphatic imine (C=N–C) groups is 1. The van der Waals surface area contributed by atoms with E-state index in [2.05, 4.69) is 4.99 Å². The number of amides is 1. The Kier molecular flexibility index (Phi) is 2.58. The van der Waals surface area contributed by atoms with Crippen LogP contribution in [0, 0.1) is 5.41 Å². The molecule has 1 atom stereocenters. The number of nitrogens with two attached hydrogens (primary N) is 1. The van der Waals surface area contributed by atoms with Crippen LogP contribution in [0.25, 0.3) is 0 Å². The third kappa shape index (κ3) is 2.13. The van der Waals surface area contributed by atoms with Gasteiger partial charge in [-0.1, -0.05) is 20.8 Å². The van der Waals surface area contributed by atoms with E-state index in [1.54, 1.807) is 0 Å². The highest BCUT2D eigenvalue weighted by Gasteiger charge is 2.46. The Morgan fingerprint density at radius 1 is 1.20 bits per heavy atom. The molecule has 0 aromatic rings. The van der Waals surface area contributed by atoms with Gasteiger partial charge in [-0.05, 0) is 26.2 Å². The molecule has 1 rings (SSSR count). The average Bonchev–Trinajstić information content (AvgIpc) is 2.22. The molecular weight excluding hydrogens is 190 g/mol. The number of hydrogen-bond acceptors (Lipinski definition) is 3. The number of guanidine groups is 1. The normalized spacial score (nSPS) is 23.3. The van der Waals surface area contributed by atoms with Crippen LogP contribution in [-0.4, -0.2) is 28.3 Å². The van der Waals surface area contributed by atoms with Crippen LogP contribution in [0.15, 0.2) is 4.99 Å². The van der Waals surface area contributed by atoms with Crippen LogP contribution in [0.5, 0.6) is 0 Å². The lowest BCUT2D eigenvalue weighted by Gasteiger charge is -2.42. The fourth-order valence-corrected chi connectivity index (χ4v) is 1.96. The summed E-state index contributed by atoms with van der Waals surface area (Å²) in [5, 5.41) is 0. The van der Waals surface area contributed by atoms with Gasteiger partial charge < -0.3 is 10.6 Å². The monoisotopic (exact) mass is 211 g/mol. The number of rotatable bonds is 0. The zero-order valence-corrected chi connectivity index (χ0v) is 10.5. The van der Waals surface area contributed by atoms with E-state index in [4.69, 9.17) is 5.73 Å². The summed E-state index contributed by atoms with van der Waals surface area (Å²) >= 11 is 0. The highest BCUT2D eigenvalue weighted by Crippen LogP contribution is 2.33. The molecule has 0 spiro atoms. The van der Waals surface area contributed by atoms with Crippen molar-refractivity contribution in [1.29, 1.82) is 0 Å². The summed E-state index contributed by atoms with van der Waals surface area (Å²) in [6.45, 7) is 12.2. The molecule has 0 saturated carbocycles. The Balaban J connectivity index is 3.13. The van der Waals surface area contributed by atoms with E-state index < -0.39 is 0 Å².